The molecule has 0 bridgehead atoms. The molecule has 0 saturated heterocycles. The molecule has 108 valence electrons. The Hall–Kier alpha value is -1.10. The second-order valence-electron chi connectivity index (χ2n) is 4.26. The first kappa shape index (κ1) is 17.9. The SMILES string of the molecule is CCN[C@H](C)CNC(=O)c1ccccc1COC.Cl. The lowest BCUT2D eigenvalue weighted by atomic mass is 10.1. The third-order valence-corrected chi connectivity index (χ3v) is 2.68. The van der Waals surface area contributed by atoms with Gasteiger partial charge in [-0.3, -0.25) is 4.79 Å². The zero-order valence-corrected chi connectivity index (χ0v) is 12.5. The van der Waals surface area contributed by atoms with Crippen LogP contribution in [0.4, 0.5) is 0 Å². The van der Waals surface area contributed by atoms with Crippen LogP contribution in [0.25, 0.3) is 0 Å². The number of methoxy groups -OCH3 is 1. The van der Waals surface area contributed by atoms with Crippen molar-refractivity contribution in [1.29, 1.82) is 0 Å². The summed E-state index contributed by atoms with van der Waals surface area (Å²) in [6.07, 6.45) is 0. The van der Waals surface area contributed by atoms with Crippen molar-refractivity contribution >= 4 is 18.3 Å². The highest BCUT2D eigenvalue weighted by Gasteiger charge is 2.11. The molecule has 4 nitrogen and oxygen atoms in total. The van der Waals surface area contributed by atoms with Crippen LogP contribution in [0, 0.1) is 0 Å². The fraction of sp³-hybridized carbons (Fsp3) is 0.500. The van der Waals surface area contributed by atoms with E-state index in [9.17, 15) is 4.79 Å². The van der Waals surface area contributed by atoms with Crippen LogP contribution in [0.2, 0.25) is 0 Å². The molecule has 0 aliphatic heterocycles. The first-order valence-electron chi connectivity index (χ1n) is 6.27. The Morgan fingerprint density at radius 3 is 2.68 bits per heavy atom. The number of nitrogens with one attached hydrogen (secondary N) is 2. The van der Waals surface area contributed by atoms with E-state index in [1.165, 1.54) is 0 Å². The van der Waals surface area contributed by atoms with Gasteiger partial charge in [0, 0.05) is 25.3 Å². The minimum absolute atomic E-state index is 0. The van der Waals surface area contributed by atoms with Crippen LogP contribution in [-0.4, -0.2) is 32.1 Å². The summed E-state index contributed by atoms with van der Waals surface area (Å²) >= 11 is 0. The maximum Gasteiger partial charge on any atom is 0.251 e. The van der Waals surface area contributed by atoms with E-state index >= 15 is 0 Å². The highest BCUT2D eigenvalue weighted by Crippen LogP contribution is 2.09. The van der Waals surface area contributed by atoms with Gasteiger partial charge >= 0.3 is 0 Å². The predicted molar refractivity (Wildman–Crippen MR) is 79.9 cm³/mol. The van der Waals surface area contributed by atoms with Crippen molar-refractivity contribution < 1.29 is 9.53 Å². The Kier molecular flexibility index (Phi) is 9.21. The lowest BCUT2D eigenvalue weighted by Crippen LogP contribution is -2.39. The summed E-state index contributed by atoms with van der Waals surface area (Å²) < 4.78 is 5.09. The van der Waals surface area contributed by atoms with Gasteiger partial charge in [0.1, 0.15) is 0 Å². The van der Waals surface area contributed by atoms with Gasteiger partial charge in [-0.1, -0.05) is 25.1 Å². The Labute approximate surface area is 121 Å². The minimum atomic E-state index is -0.0487. The largest absolute Gasteiger partial charge is 0.380 e. The number of benzene rings is 1. The van der Waals surface area contributed by atoms with Crippen molar-refractivity contribution in [1.82, 2.24) is 10.6 Å². The Balaban J connectivity index is 0.00000324. The van der Waals surface area contributed by atoms with Gasteiger partial charge in [0.15, 0.2) is 0 Å². The smallest absolute Gasteiger partial charge is 0.251 e. The van der Waals surface area contributed by atoms with Gasteiger partial charge in [0.25, 0.3) is 5.91 Å². The van der Waals surface area contributed by atoms with Crippen LogP contribution < -0.4 is 10.6 Å². The van der Waals surface area contributed by atoms with Crippen molar-refractivity contribution in [2.45, 2.75) is 26.5 Å². The molecular formula is C14H23ClN2O2. The molecule has 0 spiro atoms. The van der Waals surface area contributed by atoms with Gasteiger partial charge in [0.2, 0.25) is 0 Å². The van der Waals surface area contributed by atoms with E-state index in [0.29, 0.717) is 18.7 Å². The molecule has 19 heavy (non-hydrogen) atoms. The molecule has 5 heteroatoms. The quantitative estimate of drug-likeness (QED) is 0.806. The zero-order chi connectivity index (χ0) is 13.4. The van der Waals surface area contributed by atoms with E-state index in [0.717, 1.165) is 12.1 Å². The van der Waals surface area contributed by atoms with E-state index in [1.807, 2.05) is 38.1 Å². The van der Waals surface area contributed by atoms with Crippen LogP contribution in [0.1, 0.15) is 29.8 Å². The van der Waals surface area contributed by atoms with Gasteiger partial charge in [-0.05, 0) is 25.1 Å². The molecule has 0 saturated carbocycles. The summed E-state index contributed by atoms with van der Waals surface area (Å²) in [4.78, 5) is 12.1. The molecule has 1 rings (SSSR count). The molecule has 0 aromatic heterocycles. The Bertz CT molecular complexity index is 385. The summed E-state index contributed by atoms with van der Waals surface area (Å²) in [5.74, 6) is -0.0487. The normalized spacial score (nSPS) is 11.5. The highest BCUT2D eigenvalue weighted by molar-refractivity contribution is 5.95. The summed E-state index contributed by atoms with van der Waals surface area (Å²) in [5.41, 5.74) is 1.59. The maximum absolute atomic E-state index is 12.1. The number of hydrogen-bond donors (Lipinski definition) is 2. The second kappa shape index (κ2) is 9.78. The molecule has 0 unspecified atom stereocenters. The Morgan fingerprint density at radius 1 is 1.37 bits per heavy atom. The van der Waals surface area contributed by atoms with E-state index in [2.05, 4.69) is 10.6 Å². The second-order valence-corrected chi connectivity index (χ2v) is 4.26. The van der Waals surface area contributed by atoms with Crippen LogP contribution in [0.3, 0.4) is 0 Å². The molecule has 2 N–H and O–H groups in total. The molecular weight excluding hydrogens is 264 g/mol. The van der Waals surface area contributed by atoms with E-state index < -0.39 is 0 Å². The van der Waals surface area contributed by atoms with Crippen molar-refractivity contribution in [2.75, 3.05) is 20.2 Å². The summed E-state index contributed by atoms with van der Waals surface area (Å²) in [6, 6.07) is 7.77. The van der Waals surface area contributed by atoms with Gasteiger partial charge < -0.3 is 15.4 Å². The molecule has 0 aliphatic carbocycles. The minimum Gasteiger partial charge on any atom is -0.380 e. The molecule has 1 atom stereocenters. The average Bonchev–Trinajstić information content (AvgIpc) is 2.37. The summed E-state index contributed by atoms with van der Waals surface area (Å²) in [7, 11) is 1.63. The fourth-order valence-electron chi connectivity index (χ4n) is 1.78. The summed E-state index contributed by atoms with van der Waals surface area (Å²) in [6.45, 7) is 6.06. The van der Waals surface area contributed by atoms with E-state index in [-0.39, 0.29) is 24.4 Å². The number of amides is 1. The number of carbonyl (C=O) groups excluding carboxylic acids is 1. The number of hydrogen-bond acceptors (Lipinski definition) is 3. The molecule has 1 aromatic carbocycles. The first-order chi connectivity index (χ1) is 8.69. The number of ether oxygens (including phenoxy) is 1. The number of likely N-dealkylation sites (N-methyl/N-ethyl adjacent to an activating group) is 1. The lowest BCUT2D eigenvalue weighted by Gasteiger charge is -2.14. The van der Waals surface area contributed by atoms with Crippen molar-refractivity contribution in [3.8, 4) is 0 Å². The van der Waals surface area contributed by atoms with Gasteiger partial charge in [-0.2, -0.15) is 0 Å². The van der Waals surface area contributed by atoms with Crippen LogP contribution in [0.15, 0.2) is 24.3 Å². The number of rotatable bonds is 7. The van der Waals surface area contributed by atoms with Crippen LogP contribution >= 0.6 is 12.4 Å². The molecule has 0 radical (unpaired) electrons. The van der Waals surface area contributed by atoms with E-state index in [1.54, 1.807) is 7.11 Å². The highest BCUT2D eigenvalue weighted by atomic mass is 35.5. The van der Waals surface area contributed by atoms with Crippen molar-refractivity contribution in [3.05, 3.63) is 35.4 Å². The number of halogens is 1. The first-order valence-corrected chi connectivity index (χ1v) is 6.27. The van der Waals surface area contributed by atoms with Gasteiger partial charge in [-0.25, -0.2) is 0 Å². The molecule has 1 aromatic rings. The molecule has 0 heterocycles. The van der Waals surface area contributed by atoms with Crippen molar-refractivity contribution in [2.24, 2.45) is 0 Å². The van der Waals surface area contributed by atoms with Gasteiger partial charge in [0.05, 0.1) is 6.61 Å². The van der Waals surface area contributed by atoms with Crippen molar-refractivity contribution in [3.63, 3.8) is 0 Å². The average molecular weight is 287 g/mol. The predicted octanol–water partition coefficient (Wildman–Crippen LogP) is 1.98. The fourth-order valence-corrected chi connectivity index (χ4v) is 1.78. The maximum atomic E-state index is 12.1. The third-order valence-electron chi connectivity index (χ3n) is 2.68. The third kappa shape index (κ3) is 6.05. The molecule has 1 amide bonds. The summed E-state index contributed by atoms with van der Waals surface area (Å²) in [5, 5.41) is 6.18. The zero-order valence-electron chi connectivity index (χ0n) is 11.7. The standard InChI is InChI=1S/C14H22N2O2.ClH/c1-4-15-11(2)9-16-14(17)13-8-6-5-7-12(13)10-18-3;/h5-8,11,15H,4,9-10H2,1-3H3,(H,16,17);1H/t11-;/m1./s1. The number of carbonyl (C=O) groups is 1. The Morgan fingerprint density at radius 2 is 2.05 bits per heavy atom. The van der Waals surface area contributed by atoms with Crippen LogP contribution in [-0.2, 0) is 11.3 Å². The molecule has 0 aliphatic rings. The van der Waals surface area contributed by atoms with Gasteiger partial charge in [-0.15, -0.1) is 12.4 Å². The lowest BCUT2D eigenvalue weighted by molar-refractivity contribution is 0.0945. The van der Waals surface area contributed by atoms with E-state index in [4.69, 9.17) is 4.74 Å². The monoisotopic (exact) mass is 286 g/mol. The van der Waals surface area contributed by atoms with Crippen LogP contribution in [0.5, 0.6) is 0 Å². The molecule has 0 fully saturated rings. The topological polar surface area (TPSA) is 50.4 Å².